The minimum Gasteiger partial charge on any atom is -0.386 e. The number of nitrogens with one attached hydrogen (secondary N) is 2. The van der Waals surface area contributed by atoms with Gasteiger partial charge in [-0.2, -0.15) is 0 Å². The van der Waals surface area contributed by atoms with Gasteiger partial charge in [-0.25, -0.2) is 4.99 Å². The van der Waals surface area contributed by atoms with Gasteiger partial charge in [-0.05, 0) is 42.5 Å². The van der Waals surface area contributed by atoms with E-state index in [1.807, 2.05) is 26.0 Å². The van der Waals surface area contributed by atoms with Gasteiger partial charge in [0, 0.05) is 29.3 Å². The molecule has 0 saturated heterocycles. The third kappa shape index (κ3) is 6.29. The molecule has 5 nitrogen and oxygen atoms in total. The van der Waals surface area contributed by atoms with Crippen molar-refractivity contribution in [2.75, 3.05) is 19.7 Å². The minimum absolute atomic E-state index is 0.409. The molecular formula is C23H29N3O2S. The molecule has 1 heterocycles. The Hall–Kier alpha value is -2.41. The summed E-state index contributed by atoms with van der Waals surface area (Å²) < 4.78 is 6.62. The number of aliphatic hydroxyl groups excluding tert-OH is 1. The molecule has 3 N–H and O–H groups in total. The maximum Gasteiger partial charge on any atom is 0.191 e. The third-order valence-electron chi connectivity index (χ3n) is 4.50. The SMILES string of the molecule is CCNC(=NCc1ccc(COCC)cc1)NCC(O)c1cc2ccccc2s1. The molecule has 0 saturated carbocycles. The number of hydrogen-bond acceptors (Lipinski definition) is 4. The number of rotatable bonds is 9. The number of nitrogens with zero attached hydrogens (tertiary/aromatic N) is 1. The number of thiophene rings is 1. The minimum atomic E-state index is -0.575. The number of aliphatic imine (C=N–C) groups is 1. The zero-order valence-corrected chi connectivity index (χ0v) is 17.8. The van der Waals surface area contributed by atoms with Gasteiger partial charge >= 0.3 is 0 Å². The van der Waals surface area contributed by atoms with E-state index in [0.717, 1.165) is 29.2 Å². The average molecular weight is 412 g/mol. The van der Waals surface area contributed by atoms with Crippen LogP contribution in [0.4, 0.5) is 0 Å². The molecule has 3 aromatic rings. The summed E-state index contributed by atoms with van der Waals surface area (Å²) in [5, 5.41) is 18.2. The van der Waals surface area contributed by atoms with Crippen LogP contribution in [0.2, 0.25) is 0 Å². The van der Waals surface area contributed by atoms with Crippen LogP contribution >= 0.6 is 11.3 Å². The lowest BCUT2D eigenvalue weighted by Crippen LogP contribution is -2.39. The monoisotopic (exact) mass is 411 g/mol. The van der Waals surface area contributed by atoms with Crippen molar-refractivity contribution in [3.63, 3.8) is 0 Å². The summed E-state index contributed by atoms with van der Waals surface area (Å²) in [6.45, 7) is 7.13. The van der Waals surface area contributed by atoms with E-state index in [-0.39, 0.29) is 0 Å². The molecule has 0 aliphatic carbocycles. The van der Waals surface area contributed by atoms with Gasteiger partial charge in [0.15, 0.2) is 5.96 Å². The second-order valence-corrected chi connectivity index (χ2v) is 7.85. The predicted molar refractivity (Wildman–Crippen MR) is 121 cm³/mol. The molecule has 29 heavy (non-hydrogen) atoms. The van der Waals surface area contributed by atoms with Gasteiger partial charge in [-0.3, -0.25) is 0 Å². The molecule has 6 heteroatoms. The van der Waals surface area contributed by atoms with Crippen molar-refractivity contribution in [2.45, 2.75) is 33.1 Å². The Morgan fingerprint density at radius 3 is 2.55 bits per heavy atom. The number of fused-ring (bicyclic) bond motifs is 1. The first-order valence-corrected chi connectivity index (χ1v) is 10.9. The van der Waals surface area contributed by atoms with Crippen molar-refractivity contribution in [3.05, 3.63) is 70.6 Å². The van der Waals surface area contributed by atoms with E-state index in [4.69, 9.17) is 4.74 Å². The van der Waals surface area contributed by atoms with Crippen LogP contribution in [0.5, 0.6) is 0 Å². The Morgan fingerprint density at radius 2 is 1.83 bits per heavy atom. The van der Waals surface area contributed by atoms with E-state index in [9.17, 15) is 5.11 Å². The number of aliphatic hydroxyl groups is 1. The Balaban J connectivity index is 1.57. The lowest BCUT2D eigenvalue weighted by molar-refractivity contribution is 0.134. The molecule has 0 radical (unpaired) electrons. The van der Waals surface area contributed by atoms with Gasteiger partial charge in [0.2, 0.25) is 0 Å². The molecule has 0 bridgehead atoms. The number of hydrogen-bond donors (Lipinski definition) is 3. The molecule has 3 rings (SSSR count). The van der Waals surface area contributed by atoms with Gasteiger partial charge in [0.05, 0.1) is 13.2 Å². The number of benzene rings is 2. The fourth-order valence-electron chi connectivity index (χ4n) is 2.93. The lowest BCUT2D eigenvalue weighted by Gasteiger charge is -2.14. The van der Waals surface area contributed by atoms with Crippen molar-refractivity contribution in [2.24, 2.45) is 4.99 Å². The summed E-state index contributed by atoms with van der Waals surface area (Å²) >= 11 is 1.63. The predicted octanol–water partition coefficient (Wildman–Crippen LogP) is 4.23. The molecule has 1 unspecified atom stereocenters. The largest absolute Gasteiger partial charge is 0.386 e. The van der Waals surface area contributed by atoms with Crippen molar-refractivity contribution >= 4 is 27.4 Å². The third-order valence-corrected chi connectivity index (χ3v) is 5.71. The quantitative estimate of drug-likeness (QED) is 0.364. The smallest absolute Gasteiger partial charge is 0.191 e. The van der Waals surface area contributed by atoms with Crippen LogP contribution in [0.25, 0.3) is 10.1 Å². The van der Waals surface area contributed by atoms with E-state index in [1.54, 1.807) is 11.3 Å². The van der Waals surface area contributed by atoms with E-state index in [2.05, 4.69) is 58.1 Å². The lowest BCUT2D eigenvalue weighted by atomic mass is 10.1. The average Bonchev–Trinajstić information content (AvgIpc) is 3.19. The molecule has 1 aromatic heterocycles. The van der Waals surface area contributed by atoms with E-state index < -0.39 is 6.10 Å². The van der Waals surface area contributed by atoms with Crippen LogP contribution in [-0.4, -0.2) is 30.8 Å². The van der Waals surface area contributed by atoms with Crippen LogP contribution in [0.15, 0.2) is 59.6 Å². The first kappa shape index (κ1) is 21.3. The summed E-state index contributed by atoms with van der Waals surface area (Å²) in [5.74, 6) is 0.700. The summed E-state index contributed by atoms with van der Waals surface area (Å²) in [4.78, 5) is 5.60. The van der Waals surface area contributed by atoms with Gasteiger partial charge in [-0.15, -0.1) is 11.3 Å². The highest BCUT2D eigenvalue weighted by atomic mass is 32.1. The maximum absolute atomic E-state index is 10.6. The molecule has 0 amide bonds. The zero-order chi connectivity index (χ0) is 20.5. The Morgan fingerprint density at radius 1 is 1.07 bits per heavy atom. The van der Waals surface area contributed by atoms with Gasteiger partial charge in [-0.1, -0.05) is 42.5 Å². The van der Waals surface area contributed by atoms with Crippen molar-refractivity contribution in [3.8, 4) is 0 Å². The summed E-state index contributed by atoms with van der Waals surface area (Å²) in [6.07, 6.45) is -0.575. The van der Waals surface area contributed by atoms with E-state index in [0.29, 0.717) is 25.7 Å². The molecular weight excluding hydrogens is 382 g/mol. The molecule has 154 valence electrons. The first-order valence-electron chi connectivity index (χ1n) is 10.0. The standard InChI is InChI=1S/C23H29N3O2S/c1-3-24-23(25-14-17-9-11-18(12-10-17)16-28-4-2)26-15-20(27)22-13-19-7-5-6-8-21(19)29-22/h5-13,20,27H,3-4,14-16H2,1-2H3,(H2,24,25,26). The molecule has 2 aromatic carbocycles. The van der Waals surface area contributed by atoms with Gasteiger partial charge in [0.25, 0.3) is 0 Å². The second kappa shape index (κ2) is 11.0. The maximum atomic E-state index is 10.6. The highest BCUT2D eigenvalue weighted by Gasteiger charge is 2.12. The van der Waals surface area contributed by atoms with E-state index in [1.165, 1.54) is 10.1 Å². The van der Waals surface area contributed by atoms with Gasteiger partial charge in [0.1, 0.15) is 6.10 Å². The molecule has 0 aliphatic rings. The van der Waals surface area contributed by atoms with Gasteiger partial charge < -0.3 is 20.5 Å². The second-order valence-electron chi connectivity index (χ2n) is 6.73. The van der Waals surface area contributed by atoms with Crippen molar-refractivity contribution in [1.82, 2.24) is 10.6 Å². The van der Waals surface area contributed by atoms with Crippen LogP contribution in [0, 0.1) is 0 Å². The van der Waals surface area contributed by atoms with Crippen LogP contribution in [-0.2, 0) is 17.9 Å². The zero-order valence-electron chi connectivity index (χ0n) is 17.0. The van der Waals surface area contributed by atoms with E-state index >= 15 is 0 Å². The molecule has 0 spiro atoms. The summed E-state index contributed by atoms with van der Waals surface area (Å²) in [7, 11) is 0. The Bertz CT molecular complexity index is 888. The molecule has 1 atom stereocenters. The Labute approximate surface area is 176 Å². The highest BCUT2D eigenvalue weighted by molar-refractivity contribution is 7.19. The fourth-order valence-corrected chi connectivity index (χ4v) is 3.98. The van der Waals surface area contributed by atoms with Crippen molar-refractivity contribution < 1.29 is 9.84 Å². The highest BCUT2D eigenvalue weighted by Crippen LogP contribution is 2.29. The number of guanidine groups is 1. The van der Waals surface area contributed by atoms with Crippen LogP contribution in [0.3, 0.4) is 0 Å². The summed E-state index contributed by atoms with van der Waals surface area (Å²) in [5.41, 5.74) is 2.29. The summed E-state index contributed by atoms with van der Waals surface area (Å²) in [6, 6.07) is 18.5. The van der Waals surface area contributed by atoms with Crippen LogP contribution in [0.1, 0.15) is 36.0 Å². The normalized spacial score (nSPS) is 12.9. The molecule has 0 aliphatic heterocycles. The first-order chi connectivity index (χ1) is 14.2. The van der Waals surface area contributed by atoms with Crippen LogP contribution < -0.4 is 10.6 Å². The van der Waals surface area contributed by atoms with Crippen molar-refractivity contribution in [1.29, 1.82) is 0 Å². The topological polar surface area (TPSA) is 65.9 Å². The molecule has 0 fully saturated rings. The fraction of sp³-hybridized carbons (Fsp3) is 0.348. The Kier molecular flexibility index (Phi) is 8.04. The number of ether oxygens (including phenoxy) is 1.